The molecule has 4 amide bonds. The van der Waals surface area contributed by atoms with Crippen molar-refractivity contribution in [1.82, 2.24) is 15.1 Å². The zero-order valence-electron chi connectivity index (χ0n) is 18.8. The molecular formula is C24H26F2N4O4. The second-order valence-corrected chi connectivity index (χ2v) is 8.29. The molecule has 180 valence electrons. The lowest BCUT2D eigenvalue weighted by atomic mass is 10.0. The molecule has 1 saturated heterocycles. The van der Waals surface area contributed by atoms with E-state index in [0.717, 1.165) is 29.1 Å². The fraction of sp³-hybridized carbons (Fsp3) is 0.375. The summed E-state index contributed by atoms with van der Waals surface area (Å²) in [5.74, 6) is -2.80. The number of piperidine rings is 1. The van der Waals surface area contributed by atoms with E-state index in [1.165, 1.54) is 6.07 Å². The highest BCUT2D eigenvalue weighted by atomic mass is 19.2. The van der Waals surface area contributed by atoms with Gasteiger partial charge in [0.25, 0.3) is 5.91 Å². The normalized spacial score (nSPS) is 16.4. The number of carbonyl (C=O) groups excluding carboxylic acids is 3. The van der Waals surface area contributed by atoms with Crippen molar-refractivity contribution in [2.45, 2.75) is 25.3 Å². The van der Waals surface area contributed by atoms with Crippen LogP contribution in [0.25, 0.3) is 0 Å². The molecule has 0 aromatic heterocycles. The van der Waals surface area contributed by atoms with E-state index in [-0.39, 0.29) is 24.5 Å². The number of hydrogen-bond acceptors (Lipinski definition) is 4. The number of methoxy groups -OCH3 is 1. The minimum absolute atomic E-state index is 0.0174. The van der Waals surface area contributed by atoms with Gasteiger partial charge in [0.15, 0.2) is 11.6 Å². The number of hydrogen-bond donors (Lipinski definition) is 2. The fourth-order valence-corrected chi connectivity index (χ4v) is 4.37. The van der Waals surface area contributed by atoms with E-state index < -0.39 is 23.1 Å². The predicted octanol–water partition coefficient (Wildman–Crippen LogP) is 2.78. The van der Waals surface area contributed by atoms with E-state index in [1.54, 1.807) is 18.1 Å². The van der Waals surface area contributed by atoms with Gasteiger partial charge in [0.2, 0.25) is 5.91 Å². The van der Waals surface area contributed by atoms with Crippen LogP contribution < -0.4 is 15.4 Å². The standard InChI is InChI=1S/C24H26F2N4O4/c1-34-17-5-6-20-15(13-17)7-12-30(24(33)28-20)16-8-10-29(11-9-16)21(31)14-27-23(32)18-3-2-4-19(25)22(18)26/h2-6,13,16H,7-12,14H2,1H3,(H,27,32)(H,28,33). The minimum atomic E-state index is -1.25. The van der Waals surface area contributed by atoms with Crippen molar-refractivity contribution < 1.29 is 27.9 Å². The van der Waals surface area contributed by atoms with Crippen LogP contribution >= 0.6 is 0 Å². The van der Waals surface area contributed by atoms with Crippen molar-refractivity contribution in [3.63, 3.8) is 0 Å². The lowest BCUT2D eigenvalue weighted by Crippen LogP contribution is -2.51. The van der Waals surface area contributed by atoms with Crippen molar-refractivity contribution in [3.8, 4) is 5.75 Å². The lowest BCUT2D eigenvalue weighted by Gasteiger charge is -2.38. The van der Waals surface area contributed by atoms with Gasteiger partial charge in [0, 0.05) is 31.4 Å². The maximum atomic E-state index is 13.8. The summed E-state index contributed by atoms with van der Waals surface area (Å²) < 4.78 is 32.3. The van der Waals surface area contributed by atoms with Gasteiger partial charge in [-0.1, -0.05) is 6.07 Å². The van der Waals surface area contributed by atoms with E-state index >= 15 is 0 Å². The number of amides is 4. The van der Waals surface area contributed by atoms with Crippen LogP contribution in [0.2, 0.25) is 0 Å². The largest absolute Gasteiger partial charge is 0.497 e. The number of nitrogens with one attached hydrogen (secondary N) is 2. The fourth-order valence-electron chi connectivity index (χ4n) is 4.37. The van der Waals surface area contributed by atoms with Gasteiger partial charge >= 0.3 is 6.03 Å². The average molecular weight is 472 g/mol. The zero-order valence-corrected chi connectivity index (χ0v) is 18.8. The number of fused-ring (bicyclic) bond motifs is 1. The van der Waals surface area contributed by atoms with Crippen LogP contribution in [0.4, 0.5) is 19.3 Å². The molecule has 2 aliphatic heterocycles. The molecule has 0 bridgehead atoms. The number of rotatable bonds is 5. The predicted molar refractivity (Wildman–Crippen MR) is 121 cm³/mol. The number of likely N-dealkylation sites (tertiary alicyclic amines) is 1. The zero-order chi connectivity index (χ0) is 24.2. The van der Waals surface area contributed by atoms with Crippen LogP contribution in [0.15, 0.2) is 36.4 Å². The van der Waals surface area contributed by atoms with Crippen LogP contribution in [0.1, 0.15) is 28.8 Å². The van der Waals surface area contributed by atoms with Gasteiger partial charge in [-0.15, -0.1) is 0 Å². The van der Waals surface area contributed by atoms with Gasteiger partial charge in [-0.3, -0.25) is 9.59 Å². The summed E-state index contributed by atoms with van der Waals surface area (Å²) in [7, 11) is 1.60. The summed E-state index contributed by atoms with van der Waals surface area (Å²) in [6.07, 6.45) is 1.89. The molecule has 2 heterocycles. The molecule has 0 aliphatic carbocycles. The van der Waals surface area contributed by atoms with Crippen molar-refractivity contribution in [2.24, 2.45) is 0 Å². The first kappa shape index (κ1) is 23.5. The maximum Gasteiger partial charge on any atom is 0.322 e. The van der Waals surface area contributed by atoms with E-state index in [2.05, 4.69) is 10.6 Å². The molecule has 10 heteroatoms. The van der Waals surface area contributed by atoms with Crippen LogP contribution in [0.5, 0.6) is 5.75 Å². The first-order chi connectivity index (χ1) is 16.4. The van der Waals surface area contributed by atoms with Gasteiger partial charge in [0.1, 0.15) is 5.75 Å². The van der Waals surface area contributed by atoms with Gasteiger partial charge < -0.3 is 25.2 Å². The summed E-state index contributed by atoms with van der Waals surface area (Å²) in [6, 6.07) is 8.68. The number of carbonyl (C=O) groups is 3. The second-order valence-electron chi connectivity index (χ2n) is 8.29. The van der Waals surface area contributed by atoms with Crippen LogP contribution in [0, 0.1) is 11.6 Å². The molecular weight excluding hydrogens is 446 g/mol. The summed E-state index contributed by atoms with van der Waals surface area (Å²) in [5, 5.41) is 5.31. The molecule has 0 saturated carbocycles. The number of ether oxygens (including phenoxy) is 1. The highest BCUT2D eigenvalue weighted by Crippen LogP contribution is 2.27. The second kappa shape index (κ2) is 10.1. The quantitative estimate of drug-likeness (QED) is 0.700. The Morgan fingerprint density at radius 3 is 2.65 bits per heavy atom. The first-order valence-electron chi connectivity index (χ1n) is 11.1. The van der Waals surface area contributed by atoms with Gasteiger partial charge in [-0.05, 0) is 55.2 Å². The molecule has 0 atom stereocenters. The van der Waals surface area contributed by atoms with Crippen LogP contribution in [-0.2, 0) is 11.2 Å². The number of benzene rings is 2. The van der Waals surface area contributed by atoms with E-state index in [9.17, 15) is 23.2 Å². The number of nitrogens with zero attached hydrogens (tertiary/aromatic N) is 2. The molecule has 0 radical (unpaired) electrons. The smallest absolute Gasteiger partial charge is 0.322 e. The molecule has 34 heavy (non-hydrogen) atoms. The third kappa shape index (κ3) is 4.95. The van der Waals surface area contributed by atoms with E-state index in [1.807, 2.05) is 17.0 Å². The molecule has 0 spiro atoms. The van der Waals surface area contributed by atoms with Crippen LogP contribution in [-0.4, -0.2) is 67.0 Å². The van der Waals surface area contributed by atoms with Crippen molar-refractivity contribution in [3.05, 3.63) is 59.2 Å². The molecule has 2 aromatic carbocycles. The molecule has 1 fully saturated rings. The number of anilines is 1. The number of urea groups is 1. The van der Waals surface area contributed by atoms with Crippen molar-refractivity contribution in [1.29, 1.82) is 0 Å². The molecule has 4 rings (SSSR count). The molecule has 2 N–H and O–H groups in total. The Morgan fingerprint density at radius 1 is 1.15 bits per heavy atom. The highest BCUT2D eigenvalue weighted by molar-refractivity contribution is 5.96. The lowest BCUT2D eigenvalue weighted by molar-refractivity contribution is -0.131. The van der Waals surface area contributed by atoms with E-state index in [0.29, 0.717) is 38.9 Å². The Morgan fingerprint density at radius 2 is 1.91 bits per heavy atom. The SMILES string of the molecule is COc1ccc2c(c1)CCN(C1CCN(C(=O)CNC(=O)c3cccc(F)c3F)CC1)C(=O)N2. The maximum absolute atomic E-state index is 13.8. The third-order valence-corrected chi connectivity index (χ3v) is 6.29. The summed E-state index contributed by atoms with van der Waals surface area (Å²) in [4.78, 5) is 40.9. The Labute approximate surface area is 195 Å². The Bertz CT molecular complexity index is 1100. The Kier molecular flexibility index (Phi) is 6.95. The summed E-state index contributed by atoms with van der Waals surface area (Å²) >= 11 is 0. The summed E-state index contributed by atoms with van der Waals surface area (Å²) in [6.45, 7) is 1.09. The molecule has 0 unspecified atom stereocenters. The minimum Gasteiger partial charge on any atom is -0.497 e. The molecule has 2 aliphatic rings. The van der Waals surface area contributed by atoms with Crippen LogP contribution in [0.3, 0.4) is 0 Å². The van der Waals surface area contributed by atoms with Gasteiger partial charge in [-0.25, -0.2) is 13.6 Å². The monoisotopic (exact) mass is 472 g/mol. The number of halogens is 2. The van der Waals surface area contributed by atoms with Gasteiger partial charge in [0.05, 0.1) is 19.2 Å². The first-order valence-corrected chi connectivity index (χ1v) is 11.1. The topological polar surface area (TPSA) is 91.0 Å². The third-order valence-electron chi connectivity index (χ3n) is 6.29. The Balaban J connectivity index is 1.29. The average Bonchev–Trinajstić information content (AvgIpc) is 3.01. The van der Waals surface area contributed by atoms with E-state index in [4.69, 9.17) is 4.74 Å². The molecule has 2 aromatic rings. The summed E-state index contributed by atoms with van der Waals surface area (Å²) in [5.41, 5.74) is 1.33. The van der Waals surface area contributed by atoms with Crippen molar-refractivity contribution in [2.75, 3.05) is 38.6 Å². The highest BCUT2D eigenvalue weighted by Gasteiger charge is 2.31. The Hall–Kier alpha value is -3.69. The van der Waals surface area contributed by atoms with Crippen molar-refractivity contribution >= 4 is 23.5 Å². The van der Waals surface area contributed by atoms with Gasteiger partial charge in [-0.2, -0.15) is 0 Å². The molecule has 8 nitrogen and oxygen atoms in total.